The molecule has 2 aromatic carbocycles. The molecule has 0 radical (unpaired) electrons. The van der Waals surface area contributed by atoms with Crippen LogP contribution in [0, 0.1) is 0 Å². The normalized spacial score (nSPS) is 19.4. The molecule has 1 aliphatic carbocycles. The maximum absolute atomic E-state index is 12.7. The van der Waals surface area contributed by atoms with Gasteiger partial charge >= 0.3 is 5.24 Å². The van der Waals surface area contributed by atoms with Crippen molar-refractivity contribution in [3.05, 3.63) is 53.6 Å². The first-order valence-corrected chi connectivity index (χ1v) is 11.7. The van der Waals surface area contributed by atoms with Crippen LogP contribution in [0.15, 0.2) is 47.6 Å². The van der Waals surface area contributed by atoms with Crippen LogP contribution in [0.3, 0.4) is 0 Å². The lowest BCUT2D eigenvalue weighted by molar-refractivity contribution is 0.201. The molecular weight excluding hydrogens is 410 g/mol. The number of carbonyl (C=O) groups excluding carboxylic acids is 1. The molecule has 1 atom stereocenters. The number of amides is 1. The van der Waals surface area contributed by atoms with Crippen molar-refractivity contribution in [2.24, 2.45) is 5.10 Å². The molecule has 1 fully saturated rings. The molecule has 1 aliphatic heterocycles. The maximum atomic E-state index is 12.7. The van der Waals surface area contributed by atoms with Crippen molar-refractivity contribution in [2.75, 3.05) is 12.8 Å². The molecule has 6 nitrogen and oxygen atoms in total. The van der Waals surface area contributed by atoms with E-state index in [0.29, 0.717) is 12.2 Å². The van der Waals surface area contributed by atoms with Crippen molar-refractivity contribution in [2.45, 2.75) is 56.9 Å². The van der Waals surface area contributed by atoms with Gasteiger partial charge in [-0.25, -0.2) is 5.01 Å². The summed E-state index contributed by atoms with van der Waals surface area (Å²) in [5, 5.41) is 6.29. The molecule has 31 heavy (non-hydrogen) atoms. The van der Waals surface area contributed by atoms with Crippen LogP contribution in [0.2, 0.25) is 0 Å². The van der Waals surface area contributed by atoms with Crippen LogP contribution in [0.1, 0.15) is 50.2 Å². The summed E-state index contributed by atoms with van der Waals surface area (Å²) in [4.78, 5) is 12.7. The average molecular weight is 440 g/mol. The number of anilines is 1. The van der Waals surface area contributed by atoms with Gasteiger partial charge in [-0.15, -0.1) is 0 Å². The van der Waals surface area contributed by atoms with E-state index in [1.165, 1.54) is 24.6 Å². The van der Waals surface area contributed by atoms with Crippen LogP contribution in [-0.4, -0.2) is 34.4 Å². The topological polar surface area (TPSA) is 77.2 Å². The predicted molar refractivity (Wildman–Crippen MR) is 126 cm³/mol. The summed E-state index contributed by atoms with van der Waals surface area (Å²) in [6.45, 7) is 2.49. The zero-order chi connectivity index (χ0) is 21.8. The van der Waals surface area contributed by atoms with E-state index >= 15 is 0 Å². The fourth-order valence-corrected chi connectivity index (χ4v) is 4.94. The maximum Gasteiger partial charge on any atom is 0.302 e. The van der Waals surface area contributed by atoms with Crippen molar-refractivity contribution in [3.8, 4) is 11.5 Å². The number of hydrogen-bond donors (Lipinski definition) is 1. The Morgan fingerprint density at radius 3 is 2.55 bits per heavy atom. The summed E-state index contributed by atoms with van der Waals surface area (Å²) in [6, 6.07) is 13.5. The van der Waals surface area contributed by atoms with E-state index in [9.17, 15) is 4.79 Å². The Morgan fingerprint density at radius 1 is 1.13 bits per heavy atom. The molecule has 2 aromatic rings. The summed E-state index contributed by atoms with van der Waals surface area (Å²) < 4.78 is 11.8. The van der Waals surface area contributed by atoms with Gasteiger partial charge in [0.25, 0.3) is 0 Å². The number of carbonyl (C=O) groups is 1. The van der Waals surface area contributed by atoms with Crippen LogP contribution >= 0.6 is 11.8 Å². The SMILES string of the molecule is CCC1SC(=O)N(Cc2ccc(N)cc2)N=C1c1ccc(OC)c(OC2CCCC2)c1. The molecule has 7 heteroatoms. The second-order valence-corrected chi connectivity index (χ2v) is 9.11. The highest BCUT2D eigenvalue weighted by molar-refractivity contribution is 8.14. The van der Waals surface area contributed by atoms with E-state index in [1.54, 1.807) is 12.1 Å². The molecule has 0 aromatic heterocycles. The molecule has 0 saturated heterocycles. The van der Waals surface area contributed by atoms with Gasteiger partial charge in [0.05, 0.1) is 30.7 Å². The Hall–Kier alpha value is -2.67. The number of benzene rings is 2. The van der Waals surface area contributed by atoms with Crippen molar-refractivity contribution >= 4 is 28.4 Å². The van der Waals surface area contributed by atoms with Gasteiger partial charge in [-0.3, -0.25) is 4.79 Å². The highest BCUT2D eigenvalue weighted by Crippen LogP contribution is 2.35. The Balaban J connectivity index is 1.64. The van der Waals surface area contributed by atoms with E-state index < -0.39 is 0 Å². The molecule has 164 valence electrons. The molecule has 0 spiro atoms. The Morgan fingerprint density at radius 2 is 1.87 bits per heavy atom. The van der Waals surface area contributed by atoms with Crippen LogP contribution in [0.5, 0.6) is 11.5 Å². The zero-order valence-electron chi connectivity index (χ0n) is 18.0. The fraction of sp³-hybridized carbons (Fsp3) is 0.417. The van der Waals surface area contributed by atoms with Gasteiger partial charge in [0.1, 0.15) is 0 Å². The van der Waals surface area contributed by atoms with Gasteiger partial charge in [-0.1, -0.05) is 30.8 Å². The number of thioether (sulfide) groups is 1. The van der Waals surface area contributed by atoms with E-state index in [2.05, 4.69) is 6.92 Å². The van der Waals surface area contributed by atoms with Gasteiger partial charge < -0.3 is 15.2 Å². The number of rotatable bonds is 7. The molecule has 4 rings (SSSR count). The number of methoxy groups -OCH3 is 1. The third-order valence-electron chi connectivity index (χ3n) is 5.73. The van der Waals surface area contributed by atoms with E-state index in [4.69, 9.17) is 20.3 Å². The summed E-state index contributed by atoms with van der Waals surface area (Å²) >= 11 is 1.33. The van der Waals surface area contributed by atoms with E-state index in [1.807, 2.05) is 42.5 Å². The van der Waals surface area contributed by atoms with Gasteiger partial charge in [-0.2, -0.15) is 5.10 Å². The minimum absolute atomic E-state index is 0.00268. The average Bonchev–Trinajstić information content (AvgIpc) is 3.29. The Labute approximate surface area is 187 Å². The number of nitrogens with zero attached hydrogens (tertiary/aromatic N) is 2. The lowest BCUT2D eigenvalue weighted by Crippen LogP contribution is -2.34. The fourth-order valence-electron chi connectivity index (χ4n) is 4.00. The van der Waals surface area contributed by atoms with Gasteiger partial charge in [0.15, 0.2) is 11.5 Å². The lowest BCUT2D eigenvalue weighted by atomic mass is 10.0. The minimum atomic E-state index is -0.0386. The molecule has 1 heterocycles. The summed E-state index contributed by atoms with van der Waals surface area (Å²) in [6.07, 6.45) is 5.61. The second-order valence-electron chi connectivity index (χ2n) is 7.96. The Kier molecular flexibility index (Phi) is 6.70. The highest BCUT2D eigenvalue weighted by atomic mass is 32.2. The standard InChI is InChI=1S/C24H29N3O3S/c1-3-22-23(26-27(24(28)31-22)15-16-8-11-18(25)12-9-16)17-10-13-20(29-2)21(14-17)30-19-6-4-5-7-19/h8-14,19,22H,3-7,15,25H2,1-2H3. The van der Waals surface area contributed by atoms with Crippen molar-refractivity contribution in [1.82, 2.24) is 5.01 Å². The summed E-state index contributed by atoms with van der Waals surface area (Å²) in [5.41, 5.74) is 9.32. The van der Waals surface area contributed by atoms with Crippen LogP contribution in [0.4, 0.5) is 10.5 Å². The third kappa shape index (κ3) is 4.98. The third-order valence-corrected chi connectivity index (χ3v) is 6.98. The second kappa shape index (κ2) is 9.64. The quantitative estimate of drug-likeness (QED) is 0.581. The summed E-state index contributed by atoms with van der Waals surface area (Å²) in [5.74, 6) is 1.47. The van der Waals surface area contributed by atoms with Gasteiger partial charge in [0, 0.05) is 11.3 Å². The molecule has 2 N–H and O–H groups in total. The first-order chi connectivity index (χ1) is 15.1. The summed E-state index contributed by atoms with van der Waals surface area (Å²) in [7, 11) is 1.66. The zero-order valence-corrected chi connectivity index (χ0v) is 18.9. The van der Waals surface area contributed by atoms with Crippen LogP contribution in [-0.2, 0) is 6.54 Å². The van der Waals surface area contributed by atoms with Gasteiger partial charge in [-0.05, 0) is 68.0 Å². The van der Waals surface area contributed by atoms with Crippen LogP contribution < -0.4 is 15.2 Å². The molecule has 1 saturated carbocycles. The number of nitrogens with two attached hydrogens (primary N) is 1. The number of hydrogen-bond acceptors (Lipinski definition) is 6. The number of ether oxygens (including phenoxy) is 2. The predicted octanol–water partition coefficient (Wildman–Crippen LogP) is 5.45. The molecule has 1 amide bonds. The molecule has 2 aliphatic rings. The molecular formula is C24H29N3O3S. The van der Waals surface area contributed by atoms with Crippen LogP contribution in [0.25, 0.3) is 0 Å². The largest absolute Gasteiger partial charge is 0.493 e. The highest BCUT2D eigenvalue weighted by Gasteiger charge is 2.31. The monoisotopic (exact) mass is 439 g/mol. The number of nitrogen functional groups attached to an aromatic ring is 1. The van der Waals surface area contributed by atoms with Crippen molar-refractivity contribution < 1.29 is 14.3 Å². The van der Waals surface area contributed by atoms with Gasteiger partial charge in [0.2, 0.25) is 0 Å². The van der Waals surface area contributed by atoms with E-state index in [-0.39, 0.29) is 16.6 Å². The van der Waals surface area contributed by atoms with E-state index in [0.717, 1.165) is 47.6 Å². The Bertz CT molecular complexity index is 955. The first-order valence-electron chi connectivity index (χ1n) is 10.8. The molecule has 1 unspecified atom stereocenters. The van der Waals surface area contributed by atoms with Crippen molar-refractivity contribution in [3.63, 3.8) is 0 Å². The number of hydrazone groups is 1. The smallest absolute Gasteiger partial charge is 0.302 e. The first kappa shape index (κ1) is 21.6. The minimum Gasteiger partial charge on any atom is -0.493 e. The molecule has 0 bridgehead atoms. The lowest BCUT2D eigenvalue weighted by Gasteiger charge is -2.29. The van der Waals surface area contributed by atoms with Crippen molar-refractivity contribution in [1.29, 1.82) is 0 Å².